The fourth-order valence-electron chi connectivity index (χ4n) is 4.04. The Hall–Kier alpha value is -2.18. The highest BCUT2D eigenvalue weighted by molar-refractivity contribution is 5.65. The van der Waals surface area contributed by atoms with Gasteiger partial charge >= 0.3 is 0 Å². The highest BCUT2D eigenvalue weighted by atomic mass is 19.1. The van der Waals surface area contributed by atoms with Gasteiger partial charge in [-0.2, -0.15) is 0 Å². The van der Waals surface area contributed by atoms with Crippen molar-refractivity contribution in [2.45, 2.75) is 44.9 Å². The van der Waals surface area contributed by atoms with Gasteiger partial charge in [0.25, 0.3) is 0 Å². The highest BCUT2D eigenvalue weighted by Crippen LogP contribution is 2.36. The zero-order valence-electron chi connectivity index (χ0n) is 15.3. The third kappa shape index (κ3) is 4.31. The smallest absolute Gasteiger partial charge is 0.133 e. The van der Waals surface area contributed by atoms with Gasteiger partial charge in [-0.05, 0) is 47.6 Å². The van der Waals surface area contributed by atoms with Crippen LogP contribution in [0.15, 0.2) is 60.9 Å². The van der Waals surface area contributed by atoms with Crippen LogP contribution in [0.2, 0.25) is 0 Å². The molecule has 1 atom stereocenters. The molecule has 0 bridgehead atoms. The van der Waals surface area contributed by atoms with E-state index in [1.165, 1.54) is 43.9 Å². The van der Waals surface area contributed by atoms with Gasteiger partial charge in [-0.25, -0.2) is 8.78 Å². The van der Waals surface area contributed by atoms with Gasteiger partial charge in [-0.15, -0.1) is 5.73 Å². The molecule has 0 N–H and O–H groups in total. The molecule has 1 aliphatic carbocycles. The van der Waals surface area contributed by atoms with Crippen LogP contribution in [0.1, 0.15) is 50.5 Å². The maximum absolute atomic E-state index is 14.0. The predicted molar refractivity (Wildman–Crippen MR) is 104 cm³/mol. The van der Waals surface area contributed by atoms with E-state index in [1.807, 2.05) is 30.3 Å². The molecule has 0 amide bonds. The first kappa shape index (κ1) is 18.6. The molecule has 0 radical (unpaired) electrons. The third-order valence-corrected chi connectivity index (χ3v) is 5.63. The molecule has 136 valence electrons. The molecule has 0 aliphatic heterocycles. The normalized spacial score (nSPS) is 21.0. The second-order valence-corrected chi connectivity index (χ2v) is 7.56. The van der Waals surface area contributed by atoms with Gasteiger partial charge in [0.2, 0.25) is 0 Å². The molecule has 0 saturated heterocycles. The second kappa shape index (κ2) is 8.47. The summed E-state index contributed by atoms with van der Waals surface area (Å²) >= 11 is 0. The van der Waals surface area contributed by atoms with Crippen LogP contribution in [0.3, 0.4) is 0 Å². The van der Waals surface area contributed by atoms with Crippen LogP contribution >= 0.6 is 0 Å². The molecule has 3 rings (SSSR count). The van der Waals surface area contributed by atoms with E-state index in [9.17, 15) is 8.78 Å². The maximum Gasteiger partial charge on any atom is 0.133 e. The molecule has 1 unspecified atom stereocenters. The first-order chi connectivity index (χ1) is 12.6. The molecule has 0 aromatic heterocycles. The zero-order valence-corrected chi connectivity index (χ0v) is 15.3. The lowest BCUT2D eigenvalue weighted by Gasteiger charge is -2.28. The number of rotatable bonds is 5. The monoisotopic (exact) mass is 352 g/mol. The first-order valence-electron chi connectivity index (χ1n) is 9.48. The van der Waals surface area contributed by atoms with E-state index >= 15 is 0 Å². The van der Waals surface area contributed by atoms with Crippen molar-refractivity contribution in [1.29, 1.82) is 0 Å². The van der Waals surface area contributed by atoms with Crippen molar-refractivity contribution < 1.29 is 8.78 Å². The van der Waals surface area contributed by atoms with E-state index in [1.54, 1.807) is 0 Å². The zero-order chi connectivity index (χ0) is 18.5. The molecular formula is C24H26F2. The lowest BCUT2D eigenvalue weighted by molar-refractivity contribution is 0.272. The molecule has 2 aromatic rings. The minimum atomic E-state index is -0.531. The number of halogens is 2. The SMILES string of the molecule is C=C=CC(CC1CCC(C)CC1)c1ccc(-c2c(F)cccc2F)cc1. The summed E-state index contributed by atoms with van der Waals surface area (Å²) in [6.45, 7) is 6.07. The summed E-state index contributed by atoms with van der Waals surface area (Å²) in [4.78, 5) is 0. The van der Waals surface area contributed by atoms with Crippen LogP contribution in [-0.4, -0.2) is 0 Å². The Labute approximate surface area is 155 Å². The van der Waals surface area contributed by atoms with Gasteiger partial charge < -0.3 is 0 Å². The highest BCUT2D eigenvalue weighted by Gasteiger charge is 2.22. The fraction of sp³-hybridized carbons (Fsp3) is 0.375. The van der Waals surface area contributed by atoms with E-state index < -0.39 is 11.6 Å². The van der Waals surface area contributed by atoms with Crippen LogP contribution in [0, 0.1) is 23.5 Å². The molecule has 0 heterocycles. The largest absolute Gasteiger partial charge is 0.206 e. The lowest BCUT2D eigenvalue weighted by atomic mass is 9.77. The van der Waals surface area contributed by atoms with E-state index in [-0.39, 0.29) is 11.5 Å². The van der Waals surface area contributed by atoms with Crippen LogP contribution in [0.25, 0.3) is 11.1 Å². The molecule has 1 aliphatic rings. The van der Waals surface area contributed by atoms with Gasteiger partial charge in [0.05, 0.1) is 5.56 Å². The molecule has 1 fully saturated rings. The Bertz CT molecular complexity index is 756. The Morgan fingerprint density at radius 3 is 2.23 bits per heavy atom. The summed E-state index contributed by atoms with van der Waals surface area (Å²) < 4.78 is 28.0. The summed E-state index contributed by atoms with van der Waals surface area (Å²) in [5.41, 5.74) is 4.69. The fourth-order valence-corrected chi connectivity index (χ4v) is 4.04. The van der Waals surface area contributed by atoms with Crippen LogP contribution < -0.4 is 0 Å². The van der Waals surface area contributed by atoms with Crippen LogP contribution in [0.5, 0.6) is 0 Å². The van der Waals surface area contributed by atoms with Crippen LogP contribution in [-0.2, 0) is 0 Å². The van der Waals surface area contributed by atoms with Crippen molar-refractivity contribution in [3.05, 3.63) is 78.0 Å². The topological polar surface area (TPSA) is 0 Å². The number of benzene rings is 2. The summed E-state index contributed by atoms with van der Waals surface area (Å²) in [5, 5.41) is 0. The van der Waals surface area contributed by atoms with Crippen molar-refractivity contribution in [2.75, 3.05) is 0 Å². The number of hydrogen-bond donors (Lipinski definition) is 0. The van der Waals surface area contributed by atoms with Gasteiger partial charge in [-0.1, -0.05) is 69.5 Å². The molecule has 2 aromatic carbocycles. The Balaban J connectivity index is 1.79. The molecule has 26 heavy (non-hydrogen) atoms. The quantitative estimate of drug-likeness (QED) is 0.496. The number of hydrogen-bond acceptors (Lipinski definition) is 0. The average Bonchev–Trinajstić information content (AvgIpc) is 2.64. The van der Waals surface area contributed by atoms with Gasteiger partial charge in [0.15, 0.2) is 0 Å². The van der Waals surface area contributed by atoms with Crippen molar-refractivity contribution in [3.63, 3.8) is 0 Å². The van der Waals surface area contributed by atoms with Crippen LogP contribution in [0.4, 0.5) is 8.78 Å². The molecule has 0 nitrogen and oxygen atoms in total. The predicted octanol–water partition coefficient (Wildman–Crippen LogP) is 7.27. The molecule has 2 heteroatoms. The van der Waals surface area contributed by atoms with Crippen molar-refractivity contribution >= 4 is 0 Å². The van der Waals surface area contributed by atoms with E-state index in [4.69, 9.17) is 0 Å². The van der Waals surface area contributed by atoms with E-state index in [0.29, 0.717) is 5.56 Å². The van der Waals surface area contributed by atoms with Gasteiger partial charge in [0, 0.05) is 5.92 Å². The van der Waals surface area contributed by atoms with Crippen molar-refractivity contribution in [1.82, 2.24) is 0 Å². The summed E-state index contributed by atoms with van der Waals surface area (Å²) in [7, 11) is 0. The van der Waals surface area contributed by atoms with E-state index in [2.05, 4.69) is 19.2 Å². The second-order valence-electron chi connectivity index (χ2n) is 7.56. The molecule has 1 saturated carbocycles. The average molecular weight is 352 g/mol. The maximum atomic E-state index is 14.0. The Morgan fingerprint density at radius 2 is 1.65 bits per heavy atom. The summed E-state index contributed by atoms with van der Waals surface area (Å²) in [6.07, 6.45) is 8.28. The Kier molecular flexibility index (Phi) is 6.06. The van der Waals surface area contributed by atoms with Gasteiger partial charge in [-0.3, -0.25) is 0 Å². The van der Waals surface area contributed by atoms with Crippen molar-refractivity contribution in [2.24, 2.45) is 11.8 Å². The summed E-state index contributed by atoms with van der Waals surface area (Å²) in [6, 6.07) is 11.5. The minimum absolute atomic E-state index is 0.0381. The minimum Gasteiger partial charge on any atom is -0.206 e. The van der Waals surface area contributed by atoms with Crippen molar-refractivity contribution in [3.8, 4) is 11.1 Å². The summed E-state index contributed by atoms with van der Waals surface area (Å²) in [5.74, 6) is 0.762. The molecule has 0 spiro atoms. The lowest BCUT2D eigenvalue weighted by Crippen LogP contribution is -2.14. The standard InChI is InChI=1S/C24H26F2/c1-3-5-21(16-18-10-8-17(2)9-11-18)19-12-14-20(15-13-19)24-22(25)6-4-7-23(24)26/h4-7,12-15,17-18,21H,1,8-11,16H2,2H3. The first-order valence-corrected chi connectivity index (χ1v) is 9.48. The van der Waals surface area contributed by atoms with Gasteiger partial charge in [0.1, 0.15) is 11.6 Å². The van der Waals surface area contributed by atoms with E-state index in [0.717, 1.165) is 23.8 Å². The third-order valence-electron chi connectivity index (χ3n) is 5.63. The Morgan fingerprint density at radius 1 is 1.04 bits per heavy atom. The molecular weight excluding hydrogens is 326 g/mol. The number of allylic oxidation sites excluding steroid dienone is 1.